The van der Waals surface area contributed by atoms with Crippen LogP contribution in [0.5, 0.6) is 0 Å². The maximum absolute atomic E-state index is 11.9. The lowest BCUT2D eigenvalue weighted by atomic mass is 9.77. The van der Waals surface area contributed by atoms with Crippen LogP contribution in [0.4, 0.5) is 5.69 Å². The summed E-state index contributed by atoms with van der Waals surface area (Å²) >= 11 is 0. The molecule has 1 aliphatic rings. The minimum atomic E-state index is -4.32. The monoisotopic (exact) mass is 485 g/mol. The van der Waals surface area contributed by atoms with Crippen molar-refractivity contribution >= 4 is 25.8 Å². The number of benzene rings is 3. The minimum Gasteiger partial charge on any atom is -0.284 e. The number of aryl methyl sites for hydroxylation is 2. The summed E-state index contributed by atoms with van der Waals surface area (Å²) in [4.78, 5) is -0.0998. The summed E-state index contributed by atoms with van der Waals surface area (Å²) in [6.07, 6.45) is 3.42. The number of nitrogens with one attached hydrogen (secondary N) is 1. The normalized spacial score (nSPS) is 16.9. The smallest absolute Gasteiger partial charge is 0.284 e. The Kier molecular flexibility index (Phi) is 6.35. The van der Waals surface area contributed by atoms with E-state index in [9.17, 15) is 21.4 Å². The van der Waals surface area contributed by atoms with E-state index in [4.69, 9.17) is 0 Å². The summed E-state index contributed by atoms with van der Waals surface area (Å²) in [5, 5.41) is 0. The number of fused-ring (bicyclic) bond motifs is 2. The van der Waals surface area contributed by atoms with Gasteiger partial charge in [0, 0.05) is 11.6 Å². The van der Waals surface area contributed by atoms with E-state index in [-0.39, 0.29) is 16.7 Å². The minimum absolute atomic E-state index is 0.0769. The van der Waals surface area contributed by atoms with Gasteiger partial charge in [0.1, 0.15) is 0 Å². The second kappa shape index (κ2) is 8.93. The quantitative estimate of drug-likeness (QED) is 0.504. The first kappa shape index (κ1) is 23.5. The van der Waals surface area contributed by atoms with Gasteiger partial charge in [-0.15, -0.1) is 0 Å². The molecular weight excluding hydrogens is 458 g/mol. The third-order valence-electron chi connectivity index (χ3n) is 6.16. The van der Waals surface area contributed by atoms with E-state index in [1.807, 2.05) is 30.3 Å². The highest BCUT2D eigenvalue weighted by Gasteiger charge is 2.29. The molecule has 0 aliphatic heterocycles. The average Bonchev–Trinajstić information content (AvgIpc) is 2.88. The van der Waals surface area contributed by atoms with Gasteiger partial charge in [-0.05, 0) is 77.3 Å². The van der Waals surface area contributed by atoms with Crippen LogP contribution in [0.25, 0.3) is 0 Å². The highest BCUT2D eigenvalue weighted by molar-refractivity contribution is 7.92. The molecule has 0 heterocycles. The van der Waals surface area contributed by atoms with Crippen LogP contribution in [0, 0.1) is 5.92 Å². The molecule has 0 radical (unpaired) electrons. The molecule has 3 aromatic carbocycles. The zero-order valence-electron chi connectivity index (χ0n) is 18.5. The summed E-state index contributed by atoms with van der Waals surface area (Å²) < 4.78 is 59.2. The van der Waals surface area contributed by atoms with Crippen LogP contribution >= 0.6 is 0 Å². The Hall–Kier alpha value is -2.68. The lowest BCUT2D eigenvalue weighted by Gasteiger charge is -2.27. The molecule has 2 atom stereocenters. The summed E-state index contributed by atoms with van der Waals surface area (Å²) in [5.41, 5.74) is 5.85. The molecule has 0 aromatic heterocycles. The van der Waals surface area contributed by atoms with E-state index in [0.29, 0.717) is 12.1 Å². The van der Waals surface area contributed by atoms with E-state index in [1.54, 1.807) is 18.2 Å². The Morgan fingerprint density at radius 1 is 0.909 bits per heavy atom. The molecule has 2 N–H and O–H groups in total. The highest BCUT2D eigenvalue weighted by atomic mass is 32.2. The van der Waals surface area contributed by atoms with Crippen molar-refractivity contribution in [3.8, 4) is 0 Å². The average molecular weight is 486 g/mol. The van der Waals surface area contributed by atoms with Gasteiger partial charge in [-0.2, -0.15) is 8.42 Å². The Morgan fingerprint density at radius 3 is 2.30 bits per heavy atom. The molecule has 0 bridgehead atoms. The Labute approximate surface area is 195 Å². The number of rotatable bonds is 6. The SMILES string of the molecule is CC(Cc1cccc(NS(C)(=O)=O)c1)C1c2ccccc2CCc2ccc(S(=O)(=O)O)cc21. The second-order valence-corrected chi connectivity index (χ2v) is 11.9. The van der Waals surface area contributed by atoms with Gasteiger partial charge in [0.2, 0.25) is 10.0 Å². The number of hydrogen-bond acceptors (Lipinski definition) is 4. The van der Waals surface area contributed by atoms with Gasteiger partial charge in [-0.1, -0.05) is 49.4 Å². The van der Waals surface area contributed by atoms with Crippen LogP contribution in [0.1, 0.15) is 40.7 Å². The van der Waals surface area contributed by atoms with E-state index in [0.717, 1.165) is 41.4 Å². The van der Waals surface area contributed by atoms with E-state index < -0.39 is 20.1 Å². The molecule has 0 saturated carbocycles. The molecule has 0 amide bonds. The standard InChI is InChI=1S/C25H27NO5S2/c1-17(14-18-6-5-8-21(15-18)26-32(2,27)28)25-23-9-4-3-7-19(23)10-11-20-12-13-22(16-24(20)25)33(29,30)31/h3-9,12-13,15-17,25-26H,10-11,14H2,1-2H3,(H,29,30,31). The molecule has 33 heavy (non-hydrogen) atoms. The van der Waals surface area contributed by atoms with Gasteiger partial charge in [0.15, 0.2) is 0 Å². The molecule has 0 fully saturated rings. The van der Waals surface area contributed by atoms with Crippen LogP contribution in [-0.2, 0) is 39.4 Å². The fraction of sp³-hybridized carbons (Fsp3) is 0.280. The van der Waals surface area contributed by atoms with Crippen LogP contribution in [0.3, 0.4) is 0 Å². The Balaban J connectivity index is 1.77. The van der Waals surface area contributed by atoms with Crippen LogP contribution in [0.2, 0.25) is 0 Å². The topological polar surface area (TPSA) is 101 Å². The zero-order valence-corrected chi connectivity index (χ0v) is 20.2. The molecular formula is C25H27NO5S2. The van der Waals surface area contributed by atoms with Gasteiger partial charge in [-0.25, -0.2) is 8.42 Å². The van der Waals surface area contributed by atoms with Crippen molar-refractivity contribution in [3.63, 3.8) is 0 Å². The van der Waals surface area contributed by atoms with E-state index in [2.05, 4.69) is 23.8 Å². The van der Waals surface area contributed by atoms with Crippen molar-refractivity contribution in [2.24, 2.45) is 5.92 Å². The van der Waals surface area contributed by atoms with Gasteiger partial charge in [0.05, 0.1) is 11.2 Å². The Morgan fingerprint density at radius 2 is 1.61 bits per heavy atom. The first-order chi connectivity index (χ1) is 15.5. The maximum atomic E-state index is 11.9. The maximum Gasteiger partial charge on any atom is 0.294 e. The molecule has 174 valence electrons. The van der Waals surface area contributed by atoms with Crippen molar-refractivity contribution in [3.05, 3.63) is 94.5 Å². The molecule has 0 spiro atoms. The first-order valence-electron chi connectivity index (χ1n) is 10.8. The Bertz CT molecular complexity index is 1400. The van der Waals surface area contributed by atoms with Crippen LogP contribution < -0.4 is 4.72 Å². The van der Waals surface area contributed by atoms with Crippen LogP contribution in [-0.4, -0.2) is 27.6 Å². The van der Waals surface area contributed by atoms with Gasteiger partial charge >= 0.3 is 0 Å². The predicted octanol–water partition coefficient (Wildman–Crippen LogP) is 4.41. The van der Waals surface area contributed by atoms with Crippen molar-refractivity contribution < 1.29 is 21.4 Å². The lowest BCUT2D eigenvalue weighted by molar-refractivity contribution is 0.481. The molecule has 2 unspecified atom stereocenters. The first-order valence-corrected chi connectivity index (χ1v) is 14.1. The second-order valence-electron chi connectivity index (χ2n) is 8.77. The lowest BCUT2D eigenvalue weighted by Crippen LogP contribution is -2.17. The third-order valence-corrected chi connectivity index (χ3v) is 7.62. The largest absolute Gasteiger partial charge is 0.294 e. The van der Waals surface area contributed by atoms with Gasteiger partial charge in [-0.3, -0.25) is 9.27 Å². The molecule has 4 rings (SSSR count). The summed E-state index contributed by atoms with van der Waals surface area (Å²) in [6.45, 7) is 2.12. The number of sulfonamides is 1. The highest BCUT2D eigenvalue weighted by Crippen LogP contribution is 2.41. The number of anilines is 1. The molecule has 0 saturated heterocycles. The summed E-state index contributed by atoms with van der Waals surface area (Å²) in [7, 11) is -7.70. The van der Waals surface area contributed by atoms with Crippen molar-refractivity contribution in [2.75, 3.05) is 11.0 Å². The van der Waals surface area contributed by atoms with Crippen molar-refractivity contribution in [1.82, 2.24) is 0 Å². The van der Waals surface area contributed by atoms with Gasteiger partial charge < -0.3 is 0 Å². The van der Waals surface area contributed by atoms with Gasteiger partial charge in [0.25, 0.3) is 10.1 Å². The molecule has 8 heteroatoms. The molecule has 3 aromatic rings. The number of hydrogen-bond donors (Lipinski definition) is 2. The summed E-state index contributed by atoms with van der Waals surface area (Å²) in [5.74, 6) is 0.0000497. The van der Waals surface area contributed by atoms with E-state index >= 15 is 0 Å². The predicted molar refractivity (Wildman–Crippen MR) is 130 cm³/mol. The zero-order chi connectivity index (χ0) is 23.8. The van der Waals surface area contributed by atoms with Crippen molar-refractivity contribution in [2.45, 2.75) is 37.0 Å². The van der Waals surface area contributed by atoms with E-state index in [1.165, 1.54) is 11.6 Å². The fourth-order valence-corrected chi connectivity index (χ4v) is 5.90. The molecule has 1 aliphatic carbocycles. The molecule has 6 nitrogen and oxygen atoms in total. The third kappa shape index (κ3) is 5.46. The summed E-state index contributed by atoms with van der Waals surface area (Å²) in [6, 6.07) is 20.4. The fourth-order valence-electron chi connectivity index (χ4n) is 4.83. The van der Waals surface area contributed by atoms with Crippen molar-refractivity contribution in [1.29, 1.82) is 0 Å². The van der Waals surface area contributed by atoms with Crippen LogP contribution in [0.15, 0.2) is 71.6 Å².